The van der Waals surface area contributed by atoms with Gasteiger partial charge in [-0.2, -0.15) is 8.78 Å². The SMILES string of the molecule is CCN(C(=O)C(F)(F)C(F)F)C1CCC(N)CC1. The van der Waals surface area contributed by atoms with Crippen LogP contribution < -0.4 is 5.73 Å². The lowest BCUT2D eigenvalue weighted by molar-refractivity contribution is -0.183. The van der Waals surface area contributed by atoms with Crippen LogP contribution in [0.3, 0.4) is 0 Å². The highest BCUT2D eigenvalue weighted by Crippen LogP contribution is 2.29. The number of rotatable bonds is 4. The van der Waals surface area contributed by atoms with Gasteiger partial charge in [0.2, 0.25) is 0 Å². The molecule has 3 nitrogen and oxygen atoms in total. The van der Waals surface area contributed by atoms with Crippen molar-refractivity contribution in [2.75, 3.05) is 6.54 Å². The van der Waals surface area contributed by atoms with Crippen LogP contribution in [-0.2, 0) is 4.79 Å². The van der Waals surface area contributed by atoms with Gasteiger partial charge in [-0.3, -0.25) is 4.79 Å². The van der Waals surface area contributed by atoms with Crippen LogP contribution in [0.4, 0.5) is 17.6 Å². The monoisotopic (exact) mass is 270 g/mol. The van der Waals surface area contributed by atoms with Gasteiger partial charge in [-0.15, -0.1) is 0 Å². The zero-order chi connectivity index (χ0) is 13.9. The van der Waals surface area contributed by atoms with Gasteiger partial charge in [0.05, 0.1) is 0 Å². The summed E-state index contributed by atoms with van der Waals surface area (Å²) in [6.45, 7) is 1.51. The smallest absolute Gasteiger partial charge is 0.335 e. The summed E-state index contributed by atoms with van der Waals surface area (Å²) in [5.41, 5.74) is 5.68. The van der Waals surface area contributed by atoms with Crippen LogP contribution in [-0.4, -0.2) is 41.8 Å². The Labute approximate surface area is 103 Å². The van der Waals surface area contributed by atoms with Crippen LogP contribution in [0, 0.1) is 0 Å². The van der Waals surface area contributed by atoms with Gasteiger partial charge < -0.3 is 10.6 Å². The molecule has 1 saturated carbocycles. The quantitative estimate of drug-likeness (QED) is 0.794. The molecule has 1 aliphatic rings. The molecule has 1 fully saturated rings. The third-order valence-electron chi connectivity index (χ3n) is 3.34. The van der Waals surface area contributed by atoms with Crippen LogP contribution in [0.5, 0.6) is 0 Å². The lowest BCUT2D eigenvalue weighted by atomic mass is 9.90. The van der Waals surface area contributed by atoms with Gasteiger partial charge >= 0.3 is 12.3 Å². The van der Waals surface area contributed by atoms with Crippen molar-refractivity contribution in [3.05, 3.63) is 0 Å². The molecule has 1 rings (SSSR count). The second kappa shape index (κ2) is 5.86. The molecule has 2 N–H and O–H groups in total. The number of amides is 1. The number of halogens is 4. The summed E-state index contributed by atoms with van der Waals surface area (Å²) in [6, 6.07) is -0.405. The number of carbonyl (C=O) groups is 1. The van der Waals surface area contributed by atoms with E-state index in [4.69, 9.17) is 5.73 Å². The van der Waals surface area contributed by atoms with Crippen molar-refractivity contribution in [3.63, 3.8) is 0 Å². The Morgan fingerprint density at radius 1 is 1.33 bits per heavy atom. The van der Waals surface area contributed by atoms with Gasteiger partial charge in [-0.05, 0) is 32.6 Å². The van der Waals surface area contributed by atoms with E-state index in [1.54, 1.807) is 0 Å². The largest absolute Gasteiger partial charge is 0.383 e. The molecule has 106 valence electrons. The lowest BCUT2D eigenvalue weighted by Gasteiger charge is -2.36. The molecule has 0 aliphatic heterocycles. The second-order valence-electron chi connectivity index (χ2n) is 4.58. The van der Waals surface area contributed by atoms with Gasteiger partial charge in [0.15, 0.2) is 0 Å². The Morgan fingerprint density at radius 2 is 1.83 bits per heavy atom. The minimum Gasteiger partial charge on any atom is -0.335 e. The van der Waals surface area contributed by atoms with Gasteiger partial charge in [-0.25, -0.2) is 8.78 Å². The predicted molar refractivity (Wildman–Crippen MR) is 58.6 cm³/mol. The van der Waals surface area contributed by atoms with E-state index in [2.05, 4.69) is 0 Å². The summed E-state index contributed by atoms with van der Waals surface area (Å²) in [5, 5.41) is 0. The van der Waals surface area contributed by atoms with Gasteiger partial charge in [-0.1, -0.05) is 0 Å². The Morgan fingerprint density at radius 3 is 2.22 bits per heavy atom. The van der Waals surface area contributed by atoms with Gasteiger partial charge in [0, 0.05) is 18.6 Å². The third-order valence-corrected chi connectivity index (χ3v) is 3.34. The molecule has 0 spiro atoms. The molecule has 0 aromatic rings. The van der Waals surface area contributed by atoms with E-state index in [1.165, 1.54) is 6.92 Å². The zero-order valence-electron chi connectivity index (χ0n) is 10.2. The third kappa shape index (κ3) is 3.13. The van der Waals surface area contributed by atoms with Crippen molar-refractivity contribution in [1.29, 1.82) is 0 Å². The van der Waals surface area contributed by atoms with Crippen LogP contribution in [0.15, 0.2) is 0 Å². The standard InChI is InChI=1S/C11H18F4N2O/c1-2-17(8-5-3-7(16)4-6-8)10(18)11(14,15)9(12)13/h7-9H,2-6,16H2,1H3. The number of hydrogen-bond acceptors (Lipinski definition) is 2. The van der Waals surface area contributed by atoms with Gasteiger partial charge in [0.1, 0.15) is 0 Å². The first kappa shape index (κ1) is 15.2. The summed E-state index contributed by atoms with van der Waals surface area (Å²) >= 11 is 0. The molecule has 0 aromatic heterocycles. The number of alkyl halides is 4. The molecule has 7 heteroatoms. The van der Waals surface area contributed by atoms with Crippen molar-refractivity contribution < 1.29 is 22.4 Å². The summed E-state index contributed by atoms with van der Waals surface area (Å²) in [4.78, 5) is 12.3. The molecule has 0 atom stereocenters. The minimum atomic E-state index is -4.60. The fourth-order valence-electron chi connectivity index (χ4n) is 2.27. The van der Waals surface area contributed by atoms with E-state index >= 15 is 0 Å². The number of hydrogen-bond donors (Lipinski definition) is 1. The number of nitrogens with zero attached hydrogens (tertiary/aromatic N) is 1. The fourth-order valence-corrected chi connectivity index (χ4v) is 2.27. The molecule has 0 bridgehead atoms. The van der Waals surface area contributed by atoms with E-state index < -0.39 is 24.3 Å². The van der Waals surface area contributed by atoms with Crippen molar-refractivity contribution in [3.8, 4) is 0 Å². The van der Waals surface area contributed by atoms with Crippen LogP contribution in [0.25, 0.3) is 0 Å². The van der Waals surface area contributed by atoms with Crippen molar-refractivity contribution >= 4 is 5.91 Å². The van der Waals surface area contributed by atoms with E-state index in [-0.39, 0.29) is 12.6 Å². The molecule has 18 heavy (non-hydrogen) atoms. The molecule has 1 aliphatic carbocycles. The fraction of sp³-hybridized carbons (Fsp3) is 0.909. The average Bonchev–Trinajstić information content (AvgIpc) is 2.32. The number of nitrogens with two attached hydrogens (primary N) is 1. The molecule has 0 aromatic carbocycles. The summed E-state index contributed by atoms with van der Waals surface area (Å²) < 4.78 is 50.4. The van der Waals surface area contributed by atoms with Crippen molar-refractivity contribution in [2.45, 2.75) is 57.0 Å². The summed E-state index contributed by atoms with van der Waals surface area (Å²) in [5.74, 6) is -6.38. The second-order valence-corrected chi connectivity index (χ2v) is 4.58. The van der Waals surface area contributed by atoms with Crippen molar-refractivity contribution in [1.82, 2.24) is 4.90 Å². The Bertz CT molecular complexity index is 291. The maximum absolute atomic E-state index is 13.0. The summed E-state index contributed by atoms with van der Waals surface area (Å²) in [7, 11) is 0. The Hall–Kier alpha value is -0.850. The minimum absolute atomic E-state index is 0.00104. The topological polar surface area (TPSA) is 46.3 Å². The summed E-state index contributed by atoms with van der Waals surface area (Å²) in [6.07, 6.45) is -1.76. The van der Waals surface area contributed by atoms with E-state index in [9.17, 15) is 22.4 Å². The molecule has 0 unspecified atom stereocenters. The van der Waals surface area contributed by atoms with Crippen LogP contribution in [0.2, 0.25) is 0 Å². The maximum Gasteiger partial charge on any atom is 0.383 e. The molecule has 0 saturated heterocycles. The van der Waals surface area contributed by atoms with E-state index in [0.717, 1.165) is 4.90 Å². The number of carbonyl (C=O) groups excluding carboxylic acids is 1. The lowest BCUT2D eigenvalue weighted by Crippen LogP contribution is -2.53. The first-order valence-corrected chi connectivity index (χ1v) is 6.03. The predicted octanol–water partition coefficient (Wildman–Crippen LogP) is 2.01. The molecular formula is C11H18F4N2O. The average molecular weight is 270 g/mol. The first-order valence-electron chi connectivity index (χ1n) is 6.03. The highest BCUT2D eigenvalue weighted by Gasteiger charge is 2.52. The van der Waals surface area contributed by atoms with Crippen LogP contribution >= 0.6 is 0 Å². The van der Waals surface area contributed by atoms with E-state index in [0.29, 0.717) is 25.7 Å². The molecule has 0 heterocycles. The first-order chi connectivity index (χ1) is 8.30. The van der Waals surface area contributed by atoms with E-state index in [1.807, 2.05) is 0 Å². The highest BCUT2D eigenvalue weighted by molar-refractivity contribution is 5.84. The Kier molecular flexibility index (Phi) is 4.95. The van der Waals surface area contributed by atoms with Crippen LogP contribution in [0.1, 0.15) is 32.6 Å². The molecule has 0 radical (unpaired) electrons. The zero-order valence-corrected chi connectivity index (χ0v) is 10.2. The molecule has 1 amide bonds. The van der Waals surface area contributed by atoms with Gasteiger partial charge in [0.25, 0.3) is 5.91 Å². The maximum atomic E-state index is 13.0. The van der Waals surface area contributed by atoms with Crippen molar-refractivity contribution in [2.24, 2.45) is 5.73 Å². The Balaban J connectivity index is 2.74. The molecular weight excluding hydrogens is 252 g/mol. The highest BCUT2D eigenvalue weighted by atomic mass is 19.3. The normalized spacial score (nSPS) is 25.3.